The van der Waals surface area contributed by atoms with E-state index in [0.29, 0.717) is 11.7 Å². The van der Waals surface area contributed by atoms with Crippen LogP contribution in [0.15, 0.2) is 10.9 Å². The Bertz CT molecular complexity index is 779. The maximum Gasteiger partial charge on any atom is 0.249 e. The van der Waals surface area contributed by atoms with Crippen LogP contribution in [0.2, 0.25) is 0 Å². The summed E-state index contributed by atoms with van der Waals surface area (Å²) in [5.74, 6) is 2.05. The van der Waals surface area contributed by atoms with Crippen LogP contribution in [0.4, 0.5) is 5.82 Å². The lowest BCUT2D eigenvalue weighted by molar-refractivity contribution is 0.356. The zero-order valence-corrected chi connectivity index (χ0v) is 13.3. The van der Waals surface area contributed by atoms with Gasteiger partial charge in [-0.1, -0.05) is 12.1 Å². The van der Waals surface area contributed by atoms with E-state index in [1.807, 2.05) is 6.92 Å². The van der Waals surface area contributed by atoms with E-state index in [-0.39, 0.29) is 6.04 Å². The molecule has 0 saturated carbocycles. The topological polar surface area (TPSA) is 76.7 Å². The maximum atomic E-state index is 5.27. The Hall–Kier alpha value is -2.02. The van der Waals surface area contributed by atoms with Gasteiger partial charge in [0.15, 0.2) is 5.82 Å². The van der Waals surface area contributed by atoms with Crippen molar-refractivity contribution in [3.05, 3.63) is 28.5 Å². The minimum absolute atomic E-state index is 0.0519. The van der Waals surface area contributed by atoms with Gasteiger partial charge in [0.05, 0.1) is 5.39 Å². The number of thiophene rings is 1. The second kappa shape index (κ2) is 5.40. The van der Waals surface area contributed by atoms with E-state index in [1.54, 1.807) is 17.7 Å². The van der Waals surface area contributed by atoms with Gasteiger partial charge in [0.1, 0.15) is 23.0 Å². The van der Waals surface area contributed by atoms with Crippen LogP contribution >= 0.6 is 11.3 Å². The number of anilines is 1. The Morgan fingerprint density at radius 2 is 2.10 bits per heavy atom. The fraction of sp³-hybridized carbons (Fsp3) is 0.429. The summed E-state index contributed by atoms with van der Waals surface area (Å²) >= 11 is 1.69. The number of fused-ring (bicyclic) bond motifs is 1. The third kappa shape index (κ3) is 2.49. The van der Waals surface area contributed by atoms with Crippen LogP contribution in [0.25, 0.3) is 10.2 Å². The van der Waals surface area contributed by atoms with Gasteiger partial charge in [-0.3, -0.25) is 0 Å². The molecule has 3 heterocycles. The van der Waals surface area contributed by atoms with E-state index in [9.17, 15) is 0 Å². The minimum Gasteiger partial charge on any atom is -0.358 e. The second-order valence-corrected chi connectivity index (χ2v) is 6.17. The van der Waals surface area contributed by atoms with Crippen molar-refractivity contribution in [2.24, 2.45) is 0 Å². The zero-order valence-electron chi connectivity index (χ0n) is 12.5. The first-order valence-corrected chi connectivity index (χ1v) is 7.69. The van der Waals surface area contributed by atoms with Crippen LogP contribution in [-0.2, 0) is 0 Å². The predicted molar refractivity (Wildman–Crippen MR) is 82.6 cm³/mol. The van der Waals surface area contributed by atoms with Crippen LogP contribution in [0.1, 0.15) is 41.5 Å². The van der Waals surface area contributed by atoms with Gasteiger partial charge in [-0.25, -0.2) is 9.97 Å². The quantitative estimate of drug-likeness (QED) is 0.794. The van der Waals surface area contributed by atoms with Crippen LogP contribution in [-0.4, -0.2) is 20.1 Å². The molecule has 3 aromatic rings. The van der Waals surface area contributed by atoms with Gasteiger partial charge in [0.25, 0.3) is 0 Å². The molecule has 3 rings (SSSR count). The van der Waals surface area contributed by atoms with Crippen molar-refractivity contribution < 1.29 is 4.52 Å². The molecule has 0 fully saturated rings. The fourth-order valence-corrected chi connectivity index (χ4v) is 3.25. The Kier molecular flexibility index (Phi) is 3.59. The van der Waals surface area contributed by atoms with E-state index in [0.717, 1.165) is 22.5 Å². The molecular formula is C14H17N5OS. The highest BCUT2D eigenvalue weighted by atomic mass is 32.1. The largest absolute Gasteiger partial charge is 0.358 e. The summed E-state index contributed by atoms with van der Waals surface area (Å²) in [4.78, 5) is 15.3. The Morgan fingerprint density at radius 3 is 2.76 bits per heavy atom. The van der Waals surface area contributed by atoms with Gasteiger partial charge in [-0.05, 0) is 32.8 Å². The van der Waals surface area contributed by atoms with Crippen LogP contribution in [0, 0.1) is 20.8 Å². The van der Waals surface area contributed by atoms with Crippen LogP contribution in [0.5, 0.6) is 0 Å². The van der Waals surface area contributed by atoms with Gasteiger partial charge in [-0.2, -0.15) is 4.98 Å². The molecule has 21 heavy (non-hydrogen) atoms. The van der Waals surface area contributed by atoms with Crippen molar-refractivity contribution in [3.63, 3.8) is 0 Å². The normalized spacial score (nSPS) is 12.8. The van der Waals surface area contributed by atoms with Gasteiger partial charge in [0, 0.05) is 4.88 Å². The number of hydrogen-bond acceptors (Lipinski definition) is 7. The molecule has 1 N–H and O–H groups in total. The zero-order chi connectivity index (χ0) is 15.0. The summed E-state index contributed by atoms with van der Waals surface area (Å²) in [6.45, 7) is 8.08. The fourth-order valence-electron chi connectivity index (χ4n) is 2.25. The first kappa shape index (κ1) is 13.9. The van der Waals surface area contributed by atoms with E-state index in [2.05, 4.69) is 46.2 Å². The number of nitrogens with one attached hydrogen (secondary N) is 1. The molecule has 0 spiro atoms. The van der Waals surface area contributed by atoms with Crippen molar-refractivity contribution in [1.82, 2.24) is 20.1 Å². The van der Waals surface area contributed by atoms with Crippen molar-refractivity contribution in [2.45, 2.75) is 40.2 Å². The number of hydrogen-bond donors (Lipinski definition) is 1. The monoisotopic (exact) mass is 303 g/mol. The number of nitrogens with zero attached hydrogens (tertiary/aromatic N) is 4. The summed E-state index contributed by atoms with van der Waals surface area (Å²) in [6.07, 6.45) is 2.42. The standard InChI is InChI=1S/C14H17N5OS/c1-5-10(13-17-9(4)19-20-13)18-12-11-7(2)8(3)21-14(11)16-6-15-12/h6,10H,5H2,1-4H3,(H,15,16,18). The third-order valence-electron chi connectivity index (χ3n) is 3.53. The average Bonchev–Trinajstić information content (AvgIpc) is 3.01. The van der Waals surface area contributed by atoms with Gasteiger partial charge >= 0.3 is 0 Å². The summed E-state index contributed by atoms with van der Waals surface area (Å²) < 4.78 is 5.27. The first-order chi connectivity index (χ1) is 10.1. The van der Waals surface area contributed by atoms with Gasteiger partial charge in [0.2, 0.25) is 5.89 Å². The molecule has 6 nitrogen and oxygen atoms in total. The smallest absolute Gasteiger partial charge is 0.249 e. The molecule has 0 aliphatic rings. The molecule has 110 valence electrons. The lowest BCUT2D eigenvalue weighted by Gasteiger charge is -2.14. The molecule has 0 aliphatic carbocycles. The number of rotatable bonds is 4. The molecule has 0 amide bonds. The van der Waals surface area contributed by atoms with E-state index >= 15 is 0 Å². The van der Waals surface area contributed by atoms with Crippen molar-refractivity contribution in [3.8, 4) is 0 Å². The van der Waals surface area contributed by atoms with E-state index < -0.39 is 0 Å². The van der Waals surface area contributed by atoms with Crippen molar-refractivity contribution in [2.75, 3.05) is 5.32 Å². The Labute approximate surface area is 126 Å². The highest BCUT2D eigenvalue weighted by Gasteiger charge is 2.19. The van der Waals surface area contributed by atoms with Crippen LogP contribution < -0.4 is 5.32 Å². The molecular weight excluding hydrogens is 286 g/mol. The molecule has 0 radical (unpaired) electrons. The summed E-state index contributed by atoms with van der Waals surface area (Å²) in [5, 5.41) is 8.35. The number of aromatic nitrogens is 4. The highest BCUT2D eigenvalue weighted by molar-refractivity contribution is 7.18. The van der Waals surface area contributed by atoms with Crippen LogP contribution in [0.3, 0.4) is 0 Å². The molecule has 0 aliphatic heterocycles. The lowest BCUT2D eigenvalue weighted by Crippen LogP contribution is -2.11. The molecule has 1 atom stereocenters. The van der Waals surface area contributed by atoms with Gasteiger partial charge in [-0.15, -0.1) is 11.3 Å². The summed E-state index contributed by atoms with van der Waals surface area (Å²) in [5.41, 5.74) is 1.22. The molecule has 0 aromatic carbocycles. The Balaban J connectivity index is 2.00. The van der Waals surface area contributed by atoms with Crippen molar-refractivity contribution in [1.29, 1.82) is 0 Å². The molecule has 1 unspecified atom stereocenters. The van der Waals surface area contributed by atoms with Crippen molar-refractivity contribution >= 4 is 27.4 Å². The summed E-state index contributed by atoms with van der Waals surface area (Å²) in [7, 11) is 0. The maximum absolute atomic E-state index is 5.27. The van der Waals surface area contributed by atoms with E-state index in [1.165, 1.54) is 10.4 Å². The lowest BCUT2D eigenvalue weighted by atomic mass is 10.2. The third-order valence-corrected chi connectivity index (χ3v) is 4.64. The van der Waals surface area contributed by atoms with E-state index in [4.69, 9.17) is 4.52 Å². The first-order valence-electron chi connectivity index (χ1n) is 6.87. The minimum atomic E-state index is -0.0519. The van der Waals surface area contributed by atoms with Gasteiger partial charge < -0.3 is 9.84 Å². The number of aryl methyl sites for hydroxylation is 3. The predicted octanol–water partition coefficient (Wildman–Crippen LogP) is 3.56. The molecule has 3 aromatic heterocycles. The highest BCUT2D eigenvalue weighted by Crippen LogP contribution is 2.34. The molecule has 7 heteroatoms. The Morgan fingerprint density at radius 1 is 1.29 bits per heavy atom. The SMILES string of the molecule is CCC(Nc1ncnc2sc(C)c(C)c12)c1nc(C)no1. The summed E-state index contributed by atoms with van der Waals surface area (Å²) in [6, 6.07) is -0.0519. The average molecular weight is 303 g/mol. The molecule has 0 bridgehead atoms. The molecule has 0 saturated heterocycles. The second-order valence-electron chi connectivity index (χ2n) is 4.97.